The molecule has 0 spiro atoms. The molecule has 0 amide bonds. The van der Waals surface area contributed by atoms with Gasteiger partial charge in [0.2, 0.25) is 0 Å². The Balaban J connectivity index is 3.04. The van der Waals surface area contributed by atoms with E-state index in [2.05, 4.69) is 6.58 Å². The number of rotatable bonds is 5. The van der Waals surface area contributed by atoms with E-state index in [1.165, 1.54) is 0 Å². The standard InChI is InChI=1S/C12H16O3/c1-5-6-15-12-8-10(13-3)9(2)7-11(12)14-4/h5,7-8H,1,6H2,2-4H3. The average molecular weight is 208 g/mol. The molecule has 0 unspecified atom stereocenters. The molecule has 3 nitrogen and oxygen atoms in total. The Morgan fingerprint density at radius 1 is 1.13 bits per heavy atom. The van der Waals surface area contributed by atoms with Gasteiger partial charge < -0.3 is 14.2 Å². The van der Waals surface area contributed by atoms with E-state index in [1.54, 1.807) is 20.3 Å². The van der Waals surface area contributed by atoms with Crippen molar-refractivity contribution in [2.45, 2.75) is 6.92 Å². The second-order valence-corrected chi connectivity index (χ2v) is 3.07. The van der Waals surface area contributed by atoms with Crippen LogP contribution < -0.4 is 14.2 Å². The Morgan fingerprint density at radius 2 is 1.80 bits per heavy atom. The molecule has 0 N–H and O–H groups in total. The van der Waals surface area contributed by atoms with Crippen molar-refractivity contribution in [2.75, 3.05) is 20.8 Å². The second kappa shape index (κ2) is 5.29. The number of ether oxygens (including phenoxy) is 3. The third-order valence-electron chi connectivity index (χ3n) is 2.04. The van der Waals surface area contributed by atoms with Gasteiger partial charge in [-0.05, 0) is 18.6 Å². The minimum atomic E-state index is 0.447. The van der Waals surface area contributed by atoms with Crippen molar-refractivity contribution in [1.82, 2.24) is 0 Å². The first-order chi connectivity index (χ1) is 7.22. The quantitative estimate of drug-likeness (QED) is 0.696. The summed E-state index contributed by atoms with van der Waals surface area (Å²) in [7, 11) is 3.24. The van der Waals surface area contributed by atoms with Crippen LogP contribution in [-0.4, -0.2) is 20.8 Å². The number of aryl methyl sites for hydroxylation is 1. The summed E-state index contributed by atoms with van der Waals surface area (Å²) < 4.78 is 15.9. The van der Waals surface area contributed by atoms with Crippen molar-refractivity contribution in [1.29, 1.82) is 0 Å². The predicted octanol–water partition coefficient (Wildman–Crippen LogP) is 2.58. The van der Waals surface area contributed by atoms with Crippen LogP contribution in [0.4, 0.5) is 0 Å². The summed E-state index contributed by atoms with van der Waals surface area (Å²) in [4.78, 5) is 0. The van der Waals surface area contributed by atoms with Crippen LogP contribution in [0.5, 0.6) is 17.2 Å². The summed E-state index contributed by atoms with van der Waals surface area (Å²) in [5, 5.41) is 0. The molecule has 0 fully saturated rings. The van der Waals surface area contributed by atoms with Crippen molar-refractivity contribution >= 4 is 0 Å². The van der Waals surface area contributed by atoms with Crippen molar-refractivity contribution < 1.29 is 14.2 Å². The molecule has 0 atom stereocenters. The molecule has 1 aromatic rings. The molecule has 1 aromatic carbocycles. The molecular weight excluding hydrogens is 192 g/mol. The van der Waals surface area contributed by atoms with Gasteiger partial charge in [0.1, 0.15) is 12.4 Å². The summed E-state index contributed by atoms with van der Waals surface area (Å²) in [6.45, 7) is 6.00. The molecule has 0 aliphatic rings. The van der Waals surface area contributed by atoms with Gasteiger partial charge in [-0.2, -0.15) is 0 Å². The van der Waals surface area contributed by atoms with Crippen LogP contribution in [-0.2, 0) is 0 Å². The molecule has 0 aliphatic carbocycles. The predicted molar refractivity (Wildman–Crippen MR) is 60.0 cm³/mol. The number of benzene rings is 1. The van der Waals surface area contributed by atoms with Gasteiger partial charge >= 0.3 is 0 Å². The highest BCUT2D eigenvalue weighted by Gasteiger charge is 2.08. The lowest BCUT2D eigenvalue weighted by Gasteiger charge is -2.12. The minimum Gasteiger partial charge on any atom is -0.496 e. The highest BCUT2D eigenvalue weighted by atomic mass is 16.5. The van der Waals surface area contributed by atoms with Gasteiger partial charge in [0.15, 0.2) is 11.5 Å². The fourth-order valence-electron chi connectivity index (χ4n) is 1.28. The van der Waals surface area contributed by atoms with Gasteiger partial charge in [-0.25, -0.2) is 0 Å². The Hall–Kier alpha value is -1.64. The Morgan fingerprint density at radius 3 is 2.33 bits per heavy atom. The summed E-state index contributed by atoms with van der Waals surface area (Å²) in [5.41, 5.74) is 1.01. The van der Waals surface area contributed by atoms with Gasteiger partial charge in [-0.3, -0.25) is 0 Å². The third kappa shape index (κ3) is 2.65. The monoisotopic (exact) mass is 208 g/mol. The second-order valence-electron chi connectivity index (χ2n) is 3.07. The Kier molecular flexibility index (Phi) is 4.03. The lowest BCUT2D eigenvalue weighted by molar-refractivity contribution is 0.322. The average Bonchev–Trinajstić information content (AvgIpc) is 2.26. The van der Waals surface area contributed by atoms with Gasteiger partial charge in [0.05, 0.1) is 14.2 Å². The molecule has 0 heterocycles. The molecule has 15 heavy (non-hydrogen) atoms. The maximum Gasteiger partial charge on any atom is 0.165 e. The lowest BCUT2D eigenvalue weighted by atomic mass is 10.2. The Labute approximate surface area is 90.3 Å². The maximum atomic E-state index is 5.45. The largest absolute Gasteiger partial charge is 0.496 e. The number of hydrogen-bond acceptors (Lipinski definition) is 3. The van der Waals surface area contributed by atoms with Crippen molar-refractivity contribution in [3.8, 4) is 17.2 Å². The zero-order valence-electron chi connectivity index (χ0n) is 9.37. The van der Waals surface area contributed by atoms with E-state index >= 15 is 0 Å². The van der Waals surface area contributed by atoms with Crippen molar-refractivity contribution in [3.05, 3.63) is 30.4 Å². The summed E-state index contributed by atoms with van der Waals surface area (Å²) in [6.07, 6.45) is 1.69. The van der Waals surface area contributed by atoms with Crippen molar-refractivity contribution in [2.24, 2.45) is 0 Å². The van der Waals surface area contributed by atoms with E-state index < -0.39 is 0 Å². The van der Waals surface area contributed by atoms with E-state index in [0.717, 1.165) is 11.3 Å². The van der Waals surface area contributed by atoms with Gasteiger partial charge in [-0.1, -0.05) is 12.7 Å². The van der Waals surface area contributed by atoms with Crippen molar-refractivity contribution in [3.63, 3.8) is 0 Å². The van der Waals surface area contributed by atoms with Gasteiger partial charge in [0, 0.05) is 6.07 Å². The zero-order valence-corrected chi connectivity index (χ0v) is 9.37. The topological polar surface area (TPSA) is 27.7 Å². The minimum absolute atomic E-state index is 0.447. The highest BCUT2D eigenvalue weighted by molar-refractivity contribution is 5.50. The zero-order chi connectivity index (χ0) is 11.3. The van der Waals surface area contributed by atoms with E-state index in [0.29, 0.717) is 18.1 Å². The van der Waals surface area contributed by atoms with E-state index in [4.69, 9.17) is 14.2 Å². The normalized spacial score (nSPS) is 9.53. The van der Waals surface area contributed by atoms with E-state index in [-0.39, 0.29) is 0 Å². The van der Waals surface area contributed by atoms with Gasteiger partial charge in [0.25, 0.3) is 0 Å². The number of methoxy groups -OCH3 is 2. The molecule has 82 valence electrons. The molecule has 0 bridgehead atoms. The van der Waals surface area contributed by atoms with Crippen LogP contribution in [0.2, 0.25) is 0 Å². The third-order valence-corrected chi connectivity index (χ3v) is 2.04. The molecular formula is C12H16O3. The first-order valence-corrected chi connectivity index (χ1v) is 4.69. The first-order valence-electron chi connectivity index (χ1n) is 4.69. The number of hydrogen-bond donors (Lipinski definition) is 0. The van der Waals surface area contributed by atoms with Crippen LogP contribution in [0.15, 0.2) is 24.8 Å². The van der Waals surface area contributed by atoms with Crippen LogP contribution >= 0.6 is 0 Å². The van der Waals surface area contributed by atoms with Crippen LogP contribution in [0.1, 0.15) is 5.56 Å². The van der Waals surface area contributed by atoms with Crippen LogP contribution in [0.3, 0.4) is 0 Å². The van der Waals surface area contributed by atoms with Crippen LogP contribution in [0.25, 0.3) is 0 Å². The summed E-state index contributed by atoms with van der Waals surface area (Å²) in [5.74, 6) is 2.16. The molecule has 0 aliphatic heterocycles. The molecule has 3 heteroatoms. The van der Waals surface area contributed by atoms with E-state index in [1.807, 2.05) is 19.1 Å². The van der Waals surface area contributed by atoms with Gasteiger partial charge in [-0.15, -0.1) is 0 Å². The first kappa shape index (κ1) is 11.4. The highest BCUT2D eigenvalue weighted by Crippen LogP contribution is 2.34. The molecule has 1 rings (SSSR count). The van der Waals surface area contributed by atoms with E-state index in [9.17, 15) is 0 Å². The SMILES string of the molecule is C=CCOc1cc(OC)c(C)cc1OC. The summed E-state index contributed by atoms with van der Waals surface area (Å²) in [6, 6.07) is 3.70. The fourth-order valence-corrected chi connectivity index (χ4v) is 1.28. The molecule has 0 saturated carbocycles. The molecule has 0 saturated heterocycles. The molecule has 0 radical (unpaired) electrons. The molecule has 0 aromatic heterocycles. The summed E-state index contributed by atoms with van der Waals surface area (Å²) >= 11 is 0. The maximum absolute atomic E-state index is 5.45. The Bertz CT molecular complexity index is 345. The smallest absolute Gasteiger partial charge is 0.165 e. The van der Waals surface area contributed by atoms with Crippen LogP contribution in [0, 0.1) is 6.92 Å². The fraction of sp³-hybridized carbons (Fsp3) is 0.333. The lowest BCUT2D eigenvalue weighted by Crippen LogP contribution is -1.98.